The quantitative estimate of drug-likeness (QED) is 0.0195. The number of esters is 1. The van der Waals surface area contributed by atoms with Crippen molar-refractivity contribution < 1.29 is 49.3 Å². The molecule has 0 bridgehead atoms. The molecule has 1 aliphatic rings. The number of nitrogens with one attached hydrogen (secondary N) is 1. The van der Waals surface area contributed by atoms with Gasteiger partial charge in [-0.1, -0.05) is 303 Å². The van der Waals surface area contributed by atoms with Crippen molar-refractivity contribution in [2.75, 3.05) is 13.2 Å². The van der Waals surface area contributed by atoms with E-state index in [0.717, 1.165) is 141 Å². The molecular weight excluding hydrogens is 1120 g/mol. The van der Waals surface area contributed by atoms with E-state index in [1.165, 1.54) is 116 Å². The summed E-state index contributed by atoms with van der Waals surface area (Å²) >= 11 is 0. The highest BCUT2D eigenvalue weighted by molar-refractivity contribution is 5.80. The van der Waals surface area contributed by atoms with E-state index in [0.29, 0.717) is 12.8 Å². The smallest absolute Gasteiger partial charge is 0.306 e. The summed E-state index contributed by atoms with van der Waals surface area (Å²) in [5.41, 5.74) is 0. The van der Waals surface area contributed by atoms with E-state index in [9.17, 15) is 35.1 Å². The van der Waals surface area contributed by atoms with E-state index in [1.807, 2.05) is 6.08 Å². The van der Waals surface area contributed by atoms with Crippen molar-refractivity contribution in [1.29, 1.82) is 0 Å². The van der Waals surface area contributed by atoms with Gasteiger partial charge in [0.05, 0.1) is 25.4 Å². The molecule has 0 spiro atoms. The van der Waals surface area contributed by atoms with Crippen LogP contribution in [0, 0.1) is 0 Å². The van der Waals surface area contributed by atoms with Crippen LogP contribution in [0.2, 0.25) is 0 Å². The molecule has 11 heteroatoms. The maximum absolute atomic E-state index is 13.5. The second kappa shape index (κ2) is 65.1. The van der Waals surface area contributed by atoms with Crippen molar-refractivity contribution in [2.45, 2.75) is 352 Å². The Hall–Kier alpha value is -3.94. The van der Waals surface area contributed by atoms with Crippen LogP contribution in [-0.4, -0.2) is 99.6 Å². The van der Waals surface area contributed by atoms with Crippen molar-refractivity contribution >= 4 is 11.9 Å². The van der Waals surface area contributed by atoms with Crippen LogP contribution < -0.4 is 5.32 Å². The van der Waals surface area contributed by atoms with Crippen LogP contribution in [0.3, 0.4) is 0 Å². The Morgan fingerprint density at radius 2 is 0.800 bits per heavy atom. The largest absolute Gasteiger partial charge is 0.454 e. The van der Waals surface area contributed by atoms with Crippen LogP contribution in [-0.2, 0) is 23.8 Å². The summed E-state index contributed by atoms with van der Waals surface area (Å²) in [6.07, 6.45) is 80.9. The SMILES string of the molecule is CC/C=C\C/C=C\C/C=C\C/C=C\C/C=C\CCCCCCCCCCCCCC(=O)OC1C(OCC(NC(=O)C(O)CCCCCCCC/C=C\C/C=C\C/C=C\C/C=C\CCCCC)C(O)/C=C/CCCCCCCCCCCC)OC(CO)C(O)C1O. The Balaban J connectivity index is 2.56. The Bertz CT molecular complexity index is 1930. The summed E-state index contributed by atoms with van der Waals surface area (Å²) in [7, 11) is 0. The molecule has 8 unspecified atom stereocenters. The lowest BCUT2D eigenvalue weighted by atomic mass is 9.99. The van der Waals surface area contributed by atoms with Gasteiger partial charge in [-0.15, -0.1) is 0 Å². The second-order valence-electron chi connectivity index (χ2n) is 24.9. The zero-order valence-corrected chi connectivity index (χ0v) is 57.5. The molecule has 6 N–H and O–H groups in total. The van der Waals surface area contributed by atoms with Crippen molar-refractivity contribution in [3.63, 3.8) is 0 Å². The third-order valence-corrected chi connectivity index (χ3v) is 16.6. The topological polar surface area (TPSA) is 175 Å². The summed E-state index contributed by atoms with van der Waals surface area (Å²) in [4.78, 5) is 26.7. The average molecular weight is 1260 g/mol. The summed E-state index contributed by atoms with van der Waals surface area (Å²) in [5.74, 6) is -1.21. The number of hydrogen-bond acceptors (Lipinski definition) is 10. The van der Waals surface area contributed by atoms with E-state index < -0.39 is 67.4 Å². The van der Waals surface area contributed by atoms with Gasteiger partial charge >= 0.3 is 5.97 Å². The van der Waals surface area contributed by atoms with Crippen molar-refractivity contribution in [3.05, 3.63) is 122 Å². The van der Waals surface area contributed by atoms with Gasteiger partial charge in [-0.05, 0) is 116 Å². The highest BCUT2D eigenvalue weighted by Crippen LogP contribution is 2.26. The Morgan fingerprint density at radius 3 is 1.22 bits per heavy atom. The minimum absolute atomic E-state index is 0.112. The first kappa shape index (κ1) is 84.1. The van der Waals surface area contributed by atoms with Gasteiger partial charge in [0.1, 0.15) is 24.4 Å². The molecule has 0 radical (unpaired) electrons. The molecular formula is C79H135NO10. The molecule has 0 saturated carbocycles. The Morgan fingerprint density at radius 1 is 0.444 bits per heavy atom. The van der Waals surface area contributed by atoms with Gasteiger partial charge in [0, 0.05) is 6.42 Å². The van der Waals surface area contributed by atoms with Crippen molar-refractivity contribution in [1.82, 2.24) is 5.32 Å². The van der Waals surface area contributed by atoms with E-state index in [1.54, 1.807) is 6.08 Å². The molecule has 0 aromatic rings. The maximum Gasteiger partial charge on any atom is 0.306 e. The second-order valence-corrected chi connectivity index (χ2v) is 24.9. The Labute approximate surface area is 550 Å². The summed E-state index contributed by atoms with van der Waals surface area (Å²) in [5, 5.41) is 57.3. The van der Waals surface area contributed by atoms with Gasteiger partial charge in [0.2, 0.25) is 5.91 Å². The molecule has 1 aliphatic heterocycles. The number of carbonyl (C=O) groups excluding carboxylic acids is 2. The number of aliphatic hydroxyl groups excluding tert-OH is 5. The molecule has 1 fully saturated rings. The van der Waals surface area contributed by atoms with Crippen LogP contribution in [0.15, 0.2) is 122 Å². The lowest BCUT2D eigenvalue weighted by molar-refractivity contribution is -0.305. The lowest BCUT2D eigenvalue weighted by Gasteiger charge is -2.41. The minimum Gasteiger partial charge on any atom is -0.454 e. The molecule has 1 rings (SSSR count). The standard InChI is InChI=1S/C79H135NO10/c1-4-7-10-13-16-19-22-25-27-29-31-33-35-36-37-38-39-41-43-45-47-49-52-55-58-61-64-67-74(84)90-77-76(86)75(85)73(68-81)89-79(77)88-69-70(71(82)65-62-59-56-53-50-24-21-18-15-12-9-6-3)80-78(87)72(83)66-63-60-57-54-51-48-46-44-42-40-34-32-30-28-26-23-20-17-14-11-8-5-2/h7,10,16-17,19-20,25-28,31-34,36-37,42,44,62,65,70-73,75-77,79,81-83,85-86H,4-6,8-9,11-15,18,21-24,29-30,35,38-41,43,45-61,63-64,66-69H2,1-3H3,(H,80,87)/b10-7-,19-16-,20-17-,27-25-,28-26-,33-31-,34-32-,37-36-,44-42-,65-62+. The number of ether oxygens (including phenoxy) is 3. The molecule has 1 heterocycles. The Kier molecular flexibility index (Phi) is 60.8. The summed E-state index contributed by atoms with van der Waals surface area (Å²) < 4.78 is 17.7. The van der Waals surface area contributed by atoms with Gasteiger partial charge in [0.15, 0.2) is 12.4 Å². The van der Waals surface area contributed by atoms with Crippen molar-refractivity contribution in [3.8, 4) is 0 Å². The van der Waals surface area contributed by atoms with E-state index in [4.69, 9.17) is 14.2 Å². The van der Waals surface area contributed by atoms with Crippen molar-refractivity contribution in [2.24, 2.45) is 0 Å². The first-order valence-electron chi connectivity index (χ1n) is 36.8. The minimum atomic E-state index is -1.63. The number of hydrogen-bond donors (Lipinski definition) is 6. The fraction of sp³-hybridized carbons (Fsp3) is 0.722. The zero-order chi connectivity index (χ0) is 65.3. The summed E-state index contributed by atoms with van der Waals surface area (Å²) in [6.45, 7) is 5.66. The molecule has 1 amide bonds. The predicted molar refractivity (Wildman–Crippen MR) is 379 cm³/mol. The zero-order valence-electron chi connectivity index (χ0n) is 57.5. The molecule has 1 saturated heterocycles. The van der Waals surface area contributed by atoms with Gasteiger partial charge in [-0.25, -0.2) is 0 Å². The first-order valence-corrected chi connectivity index (χ1v) is 36.8. The predicted octanol–water partition coefficient (Wildman–Crippen LogP) is 19.3. The van der Waals surface area contributed by atoms with Crippen LogP contribution >= 0.6 is 0 Å². The van der Waals surface area contributed by atoms with E-state index in [2.05, 4.69) is 135 Å². The fourth-order valence-electron chi connectivity index (χ4n) is 10.8. The summed E-state index contributed by atoms with van der Waals surface area (Å²) in [6, 6.07) is -1.04. The third kappa shape index (κ3) is 51.6. The molecule has 90 heavy (non-hydrogen) atoms. The fourth-order valence-corrected chi connectivity index (χ4v) is 10.8. The first-order chi connectivity index (χ1) is 44.2. The van der Waals surface area contributed by atoms with Gasteiger partial charge < -0.3 is 45.1 Å². The molecule has 0 aromatic carbocycles. The monoisotopic (exact) mass is 1260 g/mol. The number of unbranched alkanes of at least 4 members (excludes halogenated alkanes) is 30. The van der Waals surface area contributed by atoms with Crippen LogP contribution in [0.1, 0.15) is 303 Å². The number of allylic oxidation sites excluding steroid dienone is 19. The third-order valence-electron chi connectivity index (χ3n) is 16.6. The lowest BCUT2D eigenvalue weighted by Crippen LogP contribution is -2.61. The van der Waals surface area contributed by atoms with Crippen LogP contribution in [0.5, 0.6) is 0 Å². The molecule has 8 atom stereocenters. The maximum atomic E-state index is 13.5. The molecule has 0 aromatic heterocycles. The normalized spacial score (nSPS) is 18.8. The molecule has 11 nitrogen and oxygen atoms in total. The number of aliphatic hydroxyl groups is 5. The van der Waals surface area contributed by atoms with E-state index >= 15 is 0 Å². The van der Waals surface area contributed by atoms with Crippen LogP contribution in [0.25, 0.3) is 0 Å². The number of carbonyl (C=O) groups is 2. The highest BCUT2D eigenvalue weighted by Gasteiger charge is 2.47. The number of amides is 1. The average Bonchev–Trinajstić information content (AvgIpc) is 3.71. The van der Waals surface area contributed by atoms with Crippen LogP contribution in [0.4, 0.5) is 0 Å². The van der Waals surface area contributed by atoms with Gasteiger partial charge in [-0.2, -0.15) is 0 Å². The van der Waals surface area contributed by atoms with E-state index in [-0.39, 0.29) is 19.4 Å². The molecule has 0 aliphatic carbocycles. The van der Waals surface area contributed by atoms with Gasteiger partial charge in [-0.3, -0.25) is 9.59 Å². The number of rotatable bonds is 62. The molecule has 516 valence electrons. The van der Waals surface area contributed by atoms with Gasteiger partial charge in [0.25, 0.3) is 0 Å². The highest BCUT2D eigenvalue weighted by atomic mass is 16.7.